The molecule has 0 spiro atoms. The first-order valence-corrected chi connectivity index (χ1v) is 5.30. The van der Waals surface area contributed by atoms with E-state index in [0.717, 1.165) is 6.54 Å². The average molecular weight is 229 g/mol. The number of hydrogen-bond acceptors (Lipinski definition) is 4. The van der Waals surface area contributed by atoms with Crippen LogP contribution >= 0.6 is 0 Å². The van der Waals surface area contributed by atoms with Crippen LogP contribution in [0.1, 0.15) is 12.8 Å². The summed E-state index contributed by atoms with van der Waals surface area (Å²) >= 11 is 0. The Hall–Kier alpha value is -1.14. The number of hydrogen-bond donors (Lipinski definition) is 3. The lowest BCUT2D eigenvalue weighted by molar-refractivity contribution is -0.150. The quantitative estimate of drug-likeness (QED) is 0.535. The number of primary amides is 1. The molecule has 1 saturated carbocycles. The molecule has 1 aliphatic rings. The molecule has 0 bridgehead atoms. The van der Waals surface area contributed by atoms with Crippen molar-refractivity contribution in [3.63, 3.8) is 0 Å². The normalized spacial score (nSPS) is 28.8. The Bertz CT molecular complexity index is 285. The van der Waals surface area contributed by atoms with E-state index < -0.39 is 23.3 Å². The maximum absolute atomic E-state index is 11.3. The van der Waals surface area contributed by atoms with Crippen LogP contribution in [0.15, 0.2) is 0 Å². The molecule has 0 aromatic carbocycles. The second kappa shape index (κ2) is 4.80. The third kappa shape index (κ3) is 2.70. The standard InChI is InChI=1S/C10H19N3O3/c1-13(2)4-3-12-10(9(11)16)5-7(6-10)8(14)15/h7,12H,3-6H2,1-2H3,(H2,11,16)(H,14,15). The number of rotatable bonds is 6. The molecule has 1 fully saturated rings. The first-order valence-electron chi connectivity index (χ1n) is 5.30. The third-order valence-electron chi connectivity index (χ3n) is 3.03. The molecule has 6 heteroatoms. The number of likely N-dealkylation sites (N-methyl/N-ethyl adjacent to an activating group) is 1. The fraction of sp³-hybridized carbons (Fsp3) is 0.800. The Morgan fingerprint density at radius 1 is 1.50 bits per heavy atom. The molecule has 6 nitrogen and oxygen atoms in total. The zero-order chi connectivity index (χ0) is 12.3. The van der Waals surface area contributed by atoms with Gasteiger partial charge in [-0.1, -0.05) is 0 Å². The Morgan fingerprint density at radius 2 is 2.06 bits per heavy atom. The van der Waals surface area contributed by atoms with Gasteiger partial charge in [0.15, 0.2) is 0 Å². The zero-order valence-electron chi connectivity index (χ0n) is 9.69. The van der Waals surface area contributed by atoms with Crippen molar-refractivity contribution in [3.8, 4) is 0 Å². The van der Waals surface area contributed by atoms with Gasteiger partial charge in [0.1, 0.15) is 0 Å². The number of nitrogens with one attached hydrogen (secondary N) is 1. The van der Waals surface area contributed by atoms with Crippen molar-refractivity contribution >= 4 is 11.9 Å². The molecule has 0 unspecified atom stereocenters. The Labute approximate surface area is 94.8 Å². The van der Waals surface area contributed by atoms with Crippen LogP contribution < -0.4 is 11.1 Å². The van der Waals surface area contributed by atoms with Crippen molar-refractivity contribution in [2.45, 2.75) is 18.4 Å². The minimum absolute atomic E-state index is 0.297. The van der Waals surface area contributed by atoms with Gasteiger partial charge in [-0.2, -0.15) is 0 Å². The molecular weight excluding hydrogens is 210 g/mol. The monoisotopic (exact) mass is 229 g/mol. The molecule has 1 rings (SSSR count). The molecule has 0 atom stereocenters. The summed E-state index contributed by atoms with van der Waals surface area (Å²) in [5.41, 5.74) is 4.50. The molecule has 0 radical (unpaired) electrons. The van der Waals surface area contributed by atoms with Crippen molar-refractivity contribution in [3.05, 3.63) is 0 Å². The van der Waals surface area contributed by atoms with E-state index in [1.807, 2.05) is 19.0 Å². The fourth-order valence-corrected chi connectivity index (χ4v) is 1.91. The van der Waals surface area contributed by atoms with Gasteiger partial charge in [0.25, 0.3) is 0 Å². The Balaban J connectivity index is 2.45. The molecule has 4 N–H and O–H groups in total. The smallest absolute Gasteiger partial charge is 0.306 e. The molecule has 0 aromatic rings. The fourth-order valence-electron chi connectivity index (χ4n) is 1.91. The van der Waals surface area contributed by atoms with Crippen LogP contribution in [-0.4, -0.2) is 54.6 Å². The van der Waals surface area contributed by atoms with Gasteiger partial charge in [0.05, 0.1) is 11.5 Å². The van der Waals surface area contributed by atoms with Crippen LogP contribution in [-0.2, 0) is 9.59 Å². The highest BCUT2D eigenvalue weighted by Gasteiger charge is 2.51. The van der Waals surface area contributed by atoms with Gasteiger partial charge < -0.3 is 21.1 Å². The zero-order valence-corrected chi connectivity index (χ0v) is 9.69. The number of amides is 1. The molecular formula is C10H19N3O3. The molecule has 0 heterocycles. The van der Waals surface area contributed by atoms with Crippen LogP contribution in [0.25, 0.3) is 0 Å². The van der Waals surface area contributed by atoms with Gasteiger partial charge in [-0.15, -0.1) is 0 Å². The Morgan fingerprint density at radius 3 is 2.44 bits per heavy atom. The van der Waals surface area contributed by atoms with E-state index in [9.17, 15) is 9.59 Å². The lowest BCUT2D eigenvalue weighted by atomic mass is 9.67. The highest BCUT2D eigenvalue weighted by Crippen LogP contribution is 2.37. The van der Waals surface area contributed by atoms with Gasteiger partial charge in [-0.05, 0) is 26.9 Å². The summed E-state index contributed by atoms with van der Waals surface area (Å²) in [6, 6.07) is 0. The number of carbonyl (C=O) groups is 2. The van der Waals surface area contributed by atoms with Crippen LogP contribution in [0.5, 0.6) is 0 Å². The first-order chi connectivity index (χ1) is 7.37. The average Bonchev–Trinajstić information content (AvgIpc) is 2.06. The van der Waals surface area contributed by atoms with Crippen molar-refractivity contribution in [2.75, 3.05) is 27.2 Å². The summed E-state index contributed by atoms with van der Waals surface area (Å²) in [6.45, 7) is 1.41. The predicted octanol–water partition coefficient (Wildman–Crippen LogP) is -1.14. The van der Waals surface area contributed by atoms with E-state index in [4.69, 9.17) is 10.8 Å². The highest BCUT2D eigenvalue weighted by molar-refractivity contribution is 5.88. The number of aliphatic carboxylic acids is 1. The molecule has 16 heavy (non-hydrogen) atoms. The number of carboxylic acids is 1. The highest BCUT2D eigenvalue weighted by atomic mass is 16.4. The minimum atomic E-state index is -0.855. The van der Waals surface area contributed by atoms with Crippen molar-refractivity contribution < 1.29 is 14.7 Å². The van der Waals surface area contributed by atoms with E-state index in [-0.39, 0.29) is 0 Å². The van der Waals surface area contributed by atoms with Gasteiger partial charge in [0, 0.05) is 13.1 Å². The number of carbonyl (C=O) groups excluding carboxylic acids is 1. The van der Waals surface area contributed by atoms with Gasteiger partial charge in [0.2, 0.25) is 5.91 Å². The minimum Gasteiger partial charge on any atom is -0.481 e. The summed E-state index contributed by atoms with van der Waals surface area (Å²) in [5.74, 6) is -1.76. The molecule has 1 amide bonds. The van der Waals surface area contributed by atoms with Gasteiger partial charge in [-0.25, -0.2) is 0 Å². The first kappa shape index (κ1) is 12.9. The number of nitrogens with zero attached hydrogens (tertiary/aromatic N) is 1. The van der Waals surface area contributed by atoms with E-state index >= 15 is 0 Å². The van der Waals surface area contributed by atoms with E-state index in [0.29, 0.717) is 19.4 Å². The number of carboxylic acid groups (broad SMARTS) is 1. The molecule has 0 aromatic heterocycles. The maximum Gasteiger partial charge on any atom is 0.306 e. The molecule has 1 aliphatic carbocycles. The topological polar surface area (TPSA) is 95.7 Å². The van der Waals surface area contributed by atoms with E-state index in [2.05, 4.69) is 5.32 Å². The van der Waals surface area contributed by atoms with Crippen molar-refractivity contribution in [1.29, 1.82) is 0 Å². The van der Waals surface area contributed by atoms with E-state index in [1.165, 1.54) is 0 Å². The summed E-state index contributed by atoms with van der Waals surface area (Å²) in [4.78, 5) is 24.0. The van der Waals surface area contributed by atoms with Crippen LogP contribution in [0.4, 0.5) is 0 Å². The second-order valence-corrected chi connectivity index (χ2v) is 4.62. The molecule has 92 valence electrons. The van der Waals surface area contributed by atoms with E-state index in [1.54, 1.807) is 0 Å². The summed E-state index contributed by atoms with van der Waals surface area (Å²) in [7, 11) is 3.86. The van der Waals surface area contributed by atoms with Crippen LogP contribution in [0.2, 0.25) is 0 Å². The largest absolute Gasteiger partial charge is 0.481 e. The molecule has 0 saturated heterocycles. The molecule has 0 aliphatic heterocycles. The number of nitrogens with two attached hydrogens (primary N) is 1. The van der Waals surface area contributed by atoms with Crippen molar-refractivity contribution in [2.24, 2.45) is 11.7 Å². The lowest BCUT2D eigenvalue weighted by Crippen LogP contribution is -2.65. The summed E-state index contributed by atoms with van der Waals surface area (Å²) < 4.78 is 0. The Kier molecular flexibility index (Phi) is 3.88. The lowest BCUT2D eigenvalue weighted by Gasteiger charge is -2.44. The maximum atomic E-state index is 11.3. The van der Waals surface area contributed by atoms with Crippen LogP contribution in [0.3, 0.4) is 0 Å². The third-order valence-corrected chi connectivity index (χ3v) is 3.03. The SMILES string of the molecule is CN(C)CCNC1(C(N)=O)CC(C(=O)O)C1. The summed E-state index contributed by atoms with van der Waals surface area (Å²) in [6.07, 6.45) is 0.593. The van der Waals surface area contributed by atoms with Gasteiger partial charge in [-0.3, -0.25) is 9.59 Å². The van der Waals surface area contributed by atoms with Gasteiger partial charge >= 0.3 is 5.97 Å². The summed E-state index contributed by atoms with van der Waals surface area (Å²) in [5, 5.41) is 11.8. The predicted molar refractivity (Wildman–Crippen MR) is 58.8 cm³/mol. The van der Waals surface area contributed by atoms with Crippen molar-refractivity contribution in [1.82, 2.24) is 10.2 Å². The van der Waals surface area contributed by atoms with Crippen LogP contribution in [0, 0.1) is 5.92 Å². The second-order valence-electron chi connectivity index (χ2n) is 4.62.